The van der Waals surface area contributed by atoms with Crippen molar-refractivity contribution in [2.45, 2.75) is 19.3 Å². The molecule has 0 bridgehead atoms. The van der Waals surface area contributed by atoms with Gasteiger partial charge in [-0.15, -0.1) is 0 Å². The molecule has 42 heavy (non-hydrogen) atoms. The molecule has 5 rings (SSSR count). The lowest BCUT2D eigenvalue weighted by molar-refractivity contribution is -0.192. The molecule has 0 amide bonds. The standard InChI is InChI=1S/C29H24FN3O2.C2HF3O2/c1-35-29(34)24-10-3-6-20(14-24)18-31-17-19-5-2-7-21(13-19)22-8-4-9-23(15-22)28-32-26-12-11-25(30)16-27(26)33-28;3-2(4,5)1(6)7/h2-16,31H,17-18H2,1H3,(H,32,33);(H,6,7). The van der Waals surface area contributed by atoms with Crippen LogP contribution in [-0.2, 0) is 22.6 Å². The number of alkyl halides is 3. The van der Waals surface area contributed by atoms with Crippen molar-refractivity contribution in [1.29, 1.82) is 0 Å². The van der Waals surface area contributed by atoms with E-state index in [1.54, 1.807) is 12.1 Å². The molecule has 0 saturated carbocycles. The minimum absolute atomic E-state index is 0.289. The molecule has 216 valence electrons. The van der Waals surface area contributed by atoms with Gasteiger partial charge in [0.15, 0.2) is 0 Å². The molecule has 0 radical (unpaired) electrons. The average molecular weight is 580 g/mol. The summed E-state index contributed by atoms with van der Waals surface area (Å²) < 4.78 is 50.1. The van der Waals surface area contributed by atoms with Crippen molar-refractivity contribution in [2.75, 3.05) is 7.11 Å². The number of carbonyl (C=O) groups is 2. The van der Waals surface area contributed by atoms with Gasteiger partial charge in [0.1, 0.15) is 11.6 Å². The maximum absolute atomic E-state index is 13.5. The number of carboxylic acid groups (broad SMARTS) is 1. The summed E-state index contributed by atoms with van der Waals surface area (Å²) in [5, 5.41) is 10.6. The molecule has 4 aromatic carbocycles. The van der Waals surface area contributed by atoms with E-state index in [0.29, 0.717) is 30.0 Å². The minimum atomic E-state index is -5.08. The highest BCUT2D eigenvalue weighted by molar-refractivity contribution is 5.89. The number of fused-ring (bicyclic) bond motifs is 1. The Kier molecular flexibility index (Phi) is 9.33. The average Bonchev–Trinajstić information content (AvgIpc) is 3.40. The molecular weight excluding hydrogens is 554 g/mol. The molecule has 0 aliphatic rings. The number of esters is 1. The summed E-state index contributed by atoms with van der Waals surface area (Å²) in [5.74, 6) is -2.67. The van der Waals surface area contributed by atoms with Gasteiger partial charge >= 0.3 is 18.1 Å². The van der Waals surface area contributed by atoms with Crippen molar-refractivity contribution >= 4 is 23.0 Å². The van der Waals surface area contributed by atoms with Gasteiger partial charge in [-0.2, -0.15) is 13.2 Å². The number of aromatic nitrogens is 2. The van der Waals surface area contributed by atoms with Crippen molar-refractivity contribution in [3.63, 3.8) is 0 Å². The SMILES string of the molecule is COC(=O)c1cccc(CNCc2cccc(-c3cccc(-c4nc5ccc(F)cc5[nH]4)c3)c2)c1.O=C(O)C(F)(F)F. The van der Waals surface area contributed by atoms with Crippen molar-refractivity contribution in [1.82, 2.24) is 15.3 Å². The van der Waals surface area contributed by atoms with Gasteiger partial charge in [0.25, 0.3) is 0 Å². The third-order valence-electron chi connectivity index (χ3n) is 6.09. The Morgan fingerprint density at radius 3 is 2.12 bits per heavy atom. The van der Waals surface area contributed by atoms with Gasteiger partial charge in [0, 0.05) is 18.7 Å². The number of methoxy groups -OCH3 is 1. The zero-order valence-corrected chi connectivity index (χ0v) is 22.2. The second-order valence-corrected chi connectivity index (χ2v) is 9.13. The second kappa shape index (κ2) is 13.1. The van der Waals surface area contributed by atoms with Crippen LogP contribution in [0.5, 0.6) is 0 Å². The number of hydrogen-bond donors (Lipinski definition) is 3. The van der Waals surface area contributed by atoms with E-state index in [9.17, 15) is 22.4 Å². The number of aromatic amines is 1. The van der Waals surface area contributed by atoms with Crippen LogP contribution >= 0.6 is 0 Å². The summed E-state index contributed by atoms with van der Waals surface area (Å²) in [6.07, 6.45) is -5.08. The largest absolute Gasteiger partial charge is 0.490 e. The predicted molar refractivity (Wildman–Crippen MR) is 149 cm³/mol. The van der Waals surface area contributed by atoms with Gasteiger partial charge in [-0.3, -0.25) is 0 Å². The maximum atomic E-state index is 13.5. The number of carboxylic acids is 1. The summed E-state index contributed by atoms with van der Waals surface area (Å²) in [6, 6.07) is 28.5. The fourth-order valence-electron chi connectivity index (χ4n) is 4.10. The molecule has 5 aromatic rings. The number of H-pyrrole nitrogens is 1. The minimum Gasteiger partial charge on any atom is -0.475 e. The summed E-state index contributed by atoms with van der Waals surface area (Å²) in [5.41, 5.74) is 7.23. The van der Waals surface area contributed by atoms with Crippen molar-refractivity contribution in [3.05, 3.63) is 114 Å². The molecule has 0 unspecified atom stereocenters. The summed E-state index contributed by atoms with van der Waals surface area (Å²) in [7, 11) is 1.38. The van der Waals surface area contributed by atoms with Crippen LogP contribution in [0.4, 0.5) is 17.6 Å². The Morgan fingerprint density at radius 1 is 0.857 bits per heavy atom. The highest BCUT2D eigenvalue weighted by Crippen LogP contribution is 2.27. The molecule has 7 nitrogen and oxygen atoms in total. The molecule has 0 saturated heterocycles. The van der Waals surface area contributed by atoms with Crippen LogP contribution in [0.3, 0.4) is 0 Å². The van der Waals surface area contributed by atoms with Crippen LogP contribution in [0, 0.1) is 5.82 Å². The highest BCUT2D eigenvalue weighted by Gasteiger charge is 2.38. The van der Waals surface area contributed by atoms with Gasteiger partial charge in [-0.25, -0.2) is 19.0 Å². The van der Waals surface area contributed by atoms with E-state index in [-0.39, 0.29) is 11.8 Å². The van der Waals surface area contributed by atoms with E-state index in [4.69, 9.17) is 14.6 Å². The normalized spacial score (nSPS) is 11.1. The van der Waals surface area contributed by atoms with Crippen molar-refractivity contribution in [3.8, 4) is 22.5 Å². The first-order chi connectivity index (χ1) is 20.0. The van der Waals surface area contributed by atoms with Crippen LogP contribution in [-0.4, -0.2) is 40.3 Å². The lowest BCUT2D eigenvalue weighted by Gasteiger charge is -2.09. The van der Waals surface area contributed by atoms with Gasteiger partial charge in [-0.05, 0) is 64.7 Å². The van der Waals surface area contributed by atoms with E-state index >= 15 is 0 Å². The van der Waals surface area contributed by atoms with Gasteiger partial charge in [0.2, 0.25) is 0 Å². The van der Waals surface area contributed by atoms with E-state index < -0.39 is 12.1 Å². The monoisotopic (exact) mass is 579 g/mol. The molecule has 11 heteroatoms. The number of nitrogens with one attached hydrogen (secondary N) is 2. The van der Waals surface area contributed by atoms with Crippen LogP contribution in [0.25, 0.3) is 33.5 Å². The van der Waals surface area contributed by atoms with Gasteiger partial charge in [0.05, 0.1) is 23.7 Å². The first-order valence-corrected chi connectivity index (χ1v) is 12.6. The van der Waals surface area contributed by atoms with E-state index in [2.05, 4.69) is 45.6 Å². The first-order valence-electron chi connectivity index (χ1n) is 12.6. The first kappa shape index (κ1) is 29.9. The maximum Gasteiger partial charge on any atom is 0.490 e. The number of halogens is 4. The predicted octanol–water partition coefficient (Wildman–Crippen LogP) is 6.75. The second-order valence-electron chi connectivity index (χ2n) is 9.13. The van der Waals surface area contributed by atoms with Crippen LogP contribution in [0.1, 0.15) is 21.5 Å². The number of benzene rings is 4. The highest BCUT2D eigenvalue weighted by atomic mass is 19.4. The number of ether oxygens (including phenoxy) is 1. The Hall–Kier alpha value is -5.03. The number of aliphatic carboxylic acids is 1. The Bertz CT molecular complexity index is 1720. The quantitative estimate of drug-likeness (QED) is 0.146. The molecule has 0 aliphatic carbocycles. The molecule has 1 heterocycles. The lowest BCUT2D eigenvalue weighted by Crippen LogP contribution is -2.21. The molecular formula is C31H25F4N3O4. The smallest absolute Gasteiger partial charge is 0.475 e. The van der Waals surface area contributed by atoms with Crippen molar-refractivity contribution in [2.24, 2.45) is 0 Å². The van der Waals surface area contributed by atoms with Gasteiger partial charge in [-0.1, -0.05) is 48.5 Å². The Balaban J connectivity index is 0.000000517. The summed E-state index contributed by atoms with van der Waals surface area (Å²) in [6.45, 7) is 1.32. The third kappa shape index (κ3) is 7.79. The third-order valence-corrected chi connectivity index (χ3v) is 6.09. The summed E-state index contributed by atoms with van der Waals surface area (Å²) >= 11 is 0. The fourth-order valence-corrected chi connectivity index (χ4v) is 4.10. The Labute approximate surface area is 237 Å². The molecule has 0 spiro atoms. The van der Waals surface area contributed by atoms with Crippen LogP contribution in [0.15, 0.2) is 91.0 Å². The number of imidazole rings is 1. The van der Waals surface area contributed by atoms with Crippen LogP contribution < -0.4 is 5.32 Å². The fraction of sp³-hybridized carbons (Fsp3) is 0.129. The zero-order valence-electron chi connectivity index (χ0n) is 22.2. The molecule has 0 atom stereocenters. The summed E-state index contributed by atoms with van der Waals surface area (Å²) in [4.78, 5) is 28.5. The van der Waals surface area contributed by atoms with Crippen molar-refractivity contribution < 1.29 is 37.0 Å². The van der Waals surface area contributed by atoms with E-state index in [0.717, 1.165) is 33.3 Å². The Morgan fingerprint density at radius 2 is 1.45 bits per heavy atom. The zero-order chi connectivity index (χ0) is 30.3. The number of carbonyl (C=O) groups excluding carboxylic acids is 1. The van der Waals surface area contributed by atoms with Crippen LogP contribution in [0.2, 0.25) is 0 Å². The molecule has 0 aliphatic heterocycles. The van der Waals surface area contributed by atoms with E-state index in [1.165, 1.54) is 19.2 Å². The topological polar surface area (TPSA) is 104 Å². The molecule has 3 N–H and O–H groups in total. The lowest BCUT2D eigenvalue weighted by atomic mass is 10.0. The molecule has 0 fully saturated rings. The number of nitrogens with zero attached hydrogens (tertiary/aromatic N) is 1. The number of rotatable bonds is 7. The number of hydrogen-bond acceptors (Lipinski definition) is 5. The van der Waals surface area contributed by atoms with E-state index in [1.807, 2.05) is 36.4 Å². The molecule has 1 aromatic heterocycles. The van der Waals surface area contributed by atoms with Gasteiger partial charge < -0.3 is 20.1 Å².